The maximum absolute atomic E-state index is 10.0. The molecule has 24 heavy (non-hydrogen) atoms. The fraction of sp³-hybridized carbons (Fsp3) is 0.278. The molecule has 1 N–H and O–H groups in total. The largest absolute Gasteiger partial charge is 0.506 e. The molecule has 4 rings (SSSR count). The molecule has 0 radical (unpaired) electrons. The zero-order valence-electron chi connectivity index (χ0n) is 13.5. The Morgan fingerprint density at radius 2 is 1.79 bits per heavy atom. The molecule has 1 fully saturated rings. The number of fused-ring (bicyclic) bond motifs is 1. The fourth-order valence-electron chi connectivity index (χ4n) is 3.03. The maximum atomic E-state index is 10.0. The van der Waals surface area contributed by atoms with Crippen molar-refractivity contribution >= 4 is 32.4 Å². The SMILES string of the molecule is COc1ccc2nc(N3CCN(c4ccccc4O)CC3)sc2c1. The normalized spacial score (nSPS) is 15.0. The van der Waals surface area contributed by atoms with Crippen LogP contribution in [0.5, 0.6) is 11.5 Å². The average molecular weight is 341 g/mol. The molecule has 0 amide bonds. The van der Waals surface area contributed by atoms with E-state index in [1.54, 1.807) is 24.5 Å². The Bertz CT molecular complexity index is 856. The van der Waals surface area contributed by atoms with Crippen LogP contribution in [-0.4, -0.2) is 43.4 Å². The number of para-hydroxylation sites is 2. The summed E-state index contributed by atoms with van der Waals surface area (Å²) in [4.78, 5) is 9.29. The number of aromatic hydroxyl groups is 1. The highest BCUT2D eigenvalue weighted by Gasteiger charge is 2.21. The second-order valence-corrected chi connectivity index (χ2v) is 6.80. The van der Waals surface area contributed by atoms with E-state index < -0.39 is 0 Å². The van der Waals surface area contributed by atoms with Gasteiger partial charge < -0.3 is 19.6 Å². The molecule has 1 aromatic heterocycles. The Hall–Kier alpha value is -2.47. The smallest absolute Gasteiger partial charge is 0.186 e. The molecule has 1 aliphatic rings. The summed E-state index contributed by atoms with van der Waals surface area (Å²) in [7, 11) is 1.68. The number of anilines is 2. The van der Waals surface area contributed by atoms with Gasteiger partial charge in [-0.05, 0) is 30.3 Å². The first-order valence-corrected chi connectivity index (χ1v) is 8.79. The second-order valence-electron chi connectivity index (χ2n) is 5.79. The van der Waals surface area contributed by atoms with E-state index in [2.05, 4.69) is 9.80 Å². The van der Waals surface area contributed by atoms with Gasteiger partial charge in [0.05, 0.1) is 23.0 Å². The van der Waals surface area contributed by atoms with Crippen molar-refractivity contribution in [1.29, 1.82) is 0 Å². The van der Waals surface area contributed by atoms with Crippen LogP contribution >= 0.6 is 11.3 Å². The van der Waals surface area contributed by atoms with E-state index in [1.807, 2.05) is 36.4 Å². The monoisotopic (exact) mass is 341 g/mol. The van der Waals surface area contributed by atoms with Crippen LogP contribution in [0.15, 0.2) is 42.5 Å². The lowest BCUT2D eigenvalue weighted by Crippen LogP contribution is -2.46. The molecule has 0 aliphatic carbocycles. The van der Waals surface area contributed by atoms with Gasteiger partial charge in [0.25, 0.3) is 0 Å². The molecule has 0 atom stereocenters. The number of ether oxygens (including phenoxy) is 1. The Labute approximate surface area is 144 Å². The molecule has 2 heterocycles. The summed E-state index contributed by atoms with van der Waals surface area (Å²) in [6, 6.07) is 13.5. The van der Waals surface area contributed by atoms with Gasteiger partial charge in [0, 0.05) is 26.2 Å². The molecule has 0 spiro atoms. The number of nitrogens with zero attached hydrogens (tertiary/aromatic N) is 3. The van der Waals surface area contributed by atoms with Gasteiger partial charge in [-0.15, -0.1) is 0 Å². The molecular weight excluding hydrogens is 322 g/mol. The van der Waals surface area contributed by atoms with Gasteiger partial charge in [0.15, 0.2) is 5.13 Å². The van der Waals surface area contributed by atoms with Crippen LogP contribution in [0.1, 0.15) is 0 Å². The van der Waals surface area contributed by atoms with Crippen LogP contribution in [0.4, 0.5) is 10.8 Å². The van der Waals surface area contributed by atoms with E-state index in [0.717, 1.165) is 53.0 Å². The first-order chi connectivity index (χ1) is 11.7. The third-order valence-corrected chi connectivity index (χ3v) is 5.44. The summed E-state index contributed by atoms with van der Waals surface area (Å²) in [6.45, 7) is 3.53. The topological polar surface area (TPSA) is 48.8 Å². The third kappa shape index (κ3) is 2.73. The van der Waals surface area contributed by atoms with E-state index in [4.69, 9.17) is 9.72 Å². The number of rotatable bonds is 3. The maximum Gasteiger partial charge on any atom is 0.186 e. The van der Waals surface area contributed by atoms with Gasteiger partial charge in [0.1, 0.15) is 11.5 Å². The number of methoxy groups -OCH3 is 1. The minimum atomic E-state index is 0.345. The molecule has 1 aliphatic heterocycles. The number of hydrogen-bond acceptors (Lipinski definition) is 6. The van der Waals surface area contributed by atoms with Gasteiger partial charge in [-0.25, -0.2) is 4.98 Å². The lowest BCUT2D eigenvalue weighted by atomic mass is 10.2. The summed E-state index contributed by atoms with van der Waals surface area (Å²) in [5, 5.41) is 11.1. The van der Waals surface area contributed by atoms with Gasteiger partial charge in [-0.2, -0.15) is 0 Å². The zero-order chi connectivity index (χ0) is 16.5. The van der Waals surface area contributed by atoms with Crippen molar-refractivity contribution in [3.05, 3.63) is 42.5 Å². The first kappa shape index (κ1) is 15.1. The van der Waals surface area contributed by atoms with Crippen LogP contribution in [0.3, 0.4) is 0 Å². The van der Waals surface area contributed by atoms with Crippen LogP contribution < -0.4 is 14.5 Å². The number of benzene rings is 2. The van der Waals surface area contributed by atoms with E-state index in [9.17, 15) is 5.11 Å². The number of aromatic nitrogens is 1. The molecule has 0 bridgehead atoms. The summed E-state index contributed by atoms with van der Waals surface area (Å²) in [5.74, 6) is 1.21. The summed E-state index contributed by atoms with van der Waals surface area (Å²) in [6.07, 6.45) is 0. The van der Waals surface area contributed by atoms with Gasteiger partial charge in [0.2, 0.25) is 0 Å². The highest BCUT2D eigenvalue weighted by atomic mass is 32.1. The van der Waals surface area contributed by atoms with Gasteiger partial charge in [-0.1, -0.05) is 23.5 Å². The van der Waals surface area contributed by atoms with Crippen molar-refractivity contribution in [2.75, 3.05) is 43.1 Å². The molecule has 0 unspecified atom stereocenters. The first-order valence-electron chi connectivity index (χ1n) is 7.97. The predicted octanol–water partition coefficient (Wildman–Crippen LogP) is 3.34. The summed E-state index contributed by atoms with van der Waals surface area (Å²) in [5.41, 5.74) is 1.92. The number of hydrogen-bond donors (Lipinski definition) is 1. The molecule has 2 aromatic carbocycles. The van der Waals surface area contributed by atoms with Crippen molar-refractivity contribution in [2.45, 2.75) is 0 Å². The lowest BCUT2D eigenvalue weighted by molar-refractivity contribution is 0.415. The molecule has 6 heteroatoms. The van der Waals surface area contributed by atoms with Crippen LogP contribution in [0.2, 0.25) is 0 Å². The van der Waals surface area contributed by atoms with E-state index in [0.29, 0.717) is 5.75 Å². The third-order valence-electron chi connectivity index (χ3n) is 4.36. The van der Waals surface area contributed by atoms with Crippen LogP contribution in [-0.2, 0) is 0 Å². The Kier molecular flexibility index (Phi) is 3.90. The molecule has 1 saturated heterocycles. The lowest BCUT2D eigenvalue weighted by Gasteiger charge is -2.36. The van der Waals surface area contributed by atoms with Crippen molar-refractivity contribution < 1.29 is 9.84 Å². The molecule has 124 valence electrons. The zero-order valence-corrected chi connectivity index (χ0v) is 14.3. The van der Waals surface area contributed by atoms with E-state index in [1.165, 1.54) is 0 Å². The van der Waals surface area contributed by atoms with Crippen molar-refractivity contribution in [3.63, 3.8) is 0 Å². The highest BCUT2D eigenvalue weighted by molar-refractivity contribution is 7.22. The molecule has 3 aromatic rings. The minimum absolute atomic E-state index is 0.345. The molecule has 0 saturated carbocycles. The standard InChI is InChI=1S/C18H19N3O2S/c1-23-13-6-7-14-17(12-13)24-18(19-14)21-10-8-20(9-11-21)15-4-2-3-5-16(15)22/h2-7,12,22H,8-11H2,1H3. The quantitative estimate of drug-likeness (QED) is 0.792. The number of thiazole rings is 1. The number of piperazine rings is 1. The Morgan fingerprint density at radius 1 is 1.04 bits per heavy atom. The molecule has 5 nitrogen and oxygen atoms in total. The fourth-order valence-corrected chi connectivity index (χ4v) is 4.07. The summed E-state index contributed by atoms with van der Waals surface area (Å²) >= 11 is 1.70. The second kappa shape index (κ2) is 6.20. The highest BCUT2D eigenvalue weighted by Crippen LogP contribution is 2.33. The number of phenols is 1. The Balaban J connectivity index is 1.50. The predicted molar refractivity (Wildman–Crippen MR) is 98.7 cm³/mol. The van der Waals surface area contributed by atoms with Gasteiger partial charge >= 0.3 is 0 Å². The average Bonchev–Trinajstić information content (AvgIpc) is 3.05. The van der Waals surface area contributed by atoms with Crippen LogP contribution in [0, 0.1) is 0 Å². The Morgan fingerprint density at radius 3 is 2.54 bits per heavy atom. The van der Waals surface area contributed by atoms with Crippen molar-refractivity contribution in [1.82, 2.24) is 4.98 Å². The molecular formula is C18H19N3O2S. The minimum Gasteiger partial charge on any atom is -0.506 e. The van der Waals surface area contributed by atoms with Crippen molar-refractivity contribution in [2.24, 2.45) is 0 Å². The number of phenolic OH excluding ortho intramolecular Hbond substituents is 1. The van der Waals surface area contributed by atoms with E-state index in [-0.39, 0.29) is 0 Å². The van der Waals surface area contributed by atoms with Crippen LogP contribution in [0.25, 0.3) is 10.2 Å². The summed E-state index contributed by atoms with van der Waals surface area (Å²) < 4.78 is 6.43. The van der Waals surface area contributed by atoms with Gasteiger partial charge in [-0.3, -0.25) is 0 Å². The van der Waals surface area contributed by atoms with Crippen molar-refractivity contribution in [3.8, 4) is 11.5 Å². The van der Waals surface area contributed by atoms with E-state index >= 15 is 0 Å².